The average molecular weight is 437 g/mol. The van der Waals surface area contributed by atoms with Gasteiger partial charge in [0.2, 0.25) is 3.79 Å². The molecule has 1 fully saturated rings. The first-order valence-corrected chi connectivity index (χ1v) is 8.99. The molecule has 1 heterocycles. The minimum absolute atomic E-state index is 0.287. The topological polar surface area (TPSA) is 108 Å². The Hall–Kier alpha value is -0.870. The molecule has 2 amide bonds. The molecule has 2 unspecified atom stereocenters. The highest BCUT2D eigenvalue weighted by molar-refractivity contribution is 6.67. The van der Waals surface area contributed by atoms with Gasteiger partial charge in [0.25, 0.3) is 11.8 Å². The number of hydrogen-bond donors (Lipinski definition) is 3. The summed E-state index contributed by atoms with van der Waals surface area (Å²) in [6.07, 6.45) is -2.75. The van der Waals surface area contributed by atoms with E-state index in [1.54, 1.807) is 0 Å². The summed E-state index contributed by atoms with van der Waals surface area (Å²) in [5.41, 5.74) is 2.69. The molecule has 0 spiro atoms. The van der Waals surface area contributed by atoms with Gasteiger partial charge in [0, 0.05) is 6.54 Å². The summed E-state index contributed by atoms with van der Waals surface area (Å²) in [4.78, 5) is 36.0. The molecular formula is C14H21Cl3FN3O5. The third-order valence-electron chi connectivity index (χ3n) is 3.55. The van der Waals surface area contributed by atoms with Crippen LogP contribution < -0.4 is 10.7 Å². The number of nitrogens with one attached hydrogen (secondary N) is 2. The van der Waals surface area contributed by atoms with Crippen LogP contribution in [0.25, 0.3) is 0 Å². The van der Waals surface area contributed by atoms with E-state index in [4.69, 9.17) is 39.5 Å². The van der Waals surface area contributed by atoms with Gasteiger partial charge in [-0.15, -0.1) is 0 Å². The SMILES string of the molecule is CC(F)C(O)C(=O)N[C@@H](C)C(=O)N1CCC[C@@H](C(=O)OCC(Cl)(Cl)Cl)N1. The molecule has 150 valence electrons. The maximum atomic E-state index is 12.9. The number of ether oxygens (including phenoxy) is 1. The van der Waals surface area contributed by atoms with Gasteiger partial charge in [-0.2, -0.15) is 0 Å². The molecule has 0 aromatic carbocycles. The van der Waals surface area contributed by atoms with Gasteiger partial charge in [0.1, 0.15) is 24.9 Å². The predicted octanol–water partition coefficient (Wildman–Crippen LogP) is 0.619. The number of carbonyl (C=O) groups is 3. The zero-order chi connectivity index (χ0) is 20.1. The Balaban J connectivity index is 2.58. The van der Waals surface area contributed by atoms with E-state index in [9.17, 15) is 23.9 Å². The fourth-order valence-corrected chi connectivity index (χ4v) is 2.34. The van der Waals surface area contributed by atoms with Crippen molar-refractivity contribution < 1.29 is 28.6 Å². The maximum Gasteiger partial charge on any atom is 0.325 e. The van der Waals surface area contributed by atoms with Crippen molar-refractivity contribution in [2.24, 2.45) is 0 Å². The monoisotopic (exact) mass is 435 g/mol. The van der Waals surface area contributed by atoms with Crippen molar-refractivity contribution in [3.63, 3.8) is 0 Å². The lowest BCUT2D eigenvalue weighted by molar-refractivity contribution is -0.153. The molecule has 0 saturated carbocycles. The van der Waals surface area contributed by atoms with Gasteiger partial charge in [-0.1, -0.05) is 34.8 Å². The van der Waals surface area contributed by atoms with Crippen molar-refractivity contribution in [3.8, 4) is 0 Å². The number of nitrogens with zero attached hydrogens (tertiary/aromatic N) is 1. The largest absolute Gasteiger partial charge is 0.460 e. The normalized spacial score (nSPS) is 21.5. The zero-order valence-electron chi connectivity index (χ0n) is 14.2. The molecule has 0 aromatic rings. The second-order valence-electron chi connectivity index (χ2n) is 5.89. The number of esters is 1. The fraction of sp³-hybridized carbons (Fsp3) is 0.786. The first-order chi connectivity index (χ1) is 11.9. The molecule has 0 bridgehead atoms. The van der Waals surface area contributed by atoms with E-state index in [0.29, 0.717) is 12.8 Å². The van der Waals surface area contributed by atoms with Crippen molar-refractivity contribution in [2.75, 3.05) is 13.2 Å². The van der Waals surface area contributed by atoms with Crippen molar-refractivity contribution >= 4 is 52.6 Å². The van der Waals surface area contributed by atoms with Crippen LogP contribution >= 0.6 is 34.8 Å². The number of amides is 2. The lowest BCUT2D eigenvalue weighted by Crippen LogP contribution is -2.60. The van der Waals surface area contributed by atoms with Crippen molar-refractivity contribution in [3.05, 3.63) is 0 Å². The van der Waals surface area contributed by atoms with E-state index in [0.717, 1.165) is 11.9 Å². The molecule has 12 heteroatoms. The Morgan fingerprint density at radius 1 is 1.38 bits per heavy atom. The Bertz CT molecular complexity index is 532. The molecule has 1 saturated heterocycles. The van der Waals surface area contributed by atoms with E-state index in [2.05, 4.69) is 10.7 Å². The van der Waals surface area contributed by atoms with Crippen LogP contribution in [-0.2, 0) is 19.1 Å². The quantitative estimate of drug-likeness (QED) is 0.416. The molecule has 1 aliphatic rings. The minimum Gasteiger partial charge on any atom is -0.460 e. The molecule has 0 radical (unpaired) electrons. The van der Waals surface area contributed by atoms with Crippen molar-refractivity contribution in [1.29, 1.82) is 0 Å². The van der Waals surface area contributed by atoms with Crippen LogP contribution in [0.1, 0.15) is 26.7 Å². The zero-order valence-corrected chi connectivity index (χ0v) is 16.4. The van der Waals surface area contributed by atoms with Gasteiger partial charge in [-0.05, 0) is 26.7 Å². The van der Waals surface area contributed by atoms with Gasteiger partial charge in [0.15, 0.2) is 6.10 Å². The highest BCUT2D eigenvalue weighted by Gasteiger charge is 2.33. The van der Waals surface area contributed by atoms with Crippen LogP contribution in [0.4, 0.5) is 4.39 Å². The van der Waals surface area contributed by atoms with Crippen LogP contribution in [0, 0.1) is 0 Å². The summed E-state index contributed by atoms with van der Waals surface area (Å²) in [5.74, 6) is -2.25. The Morgan fingerprint density at radius 3 is 2.54 bits per heavy atom. The number of hydrazine groups is 1. The minimum atomic E-state index is -1.87. The van der Waals surface area contributed by atoms with E-state index in [1.165, 1.54) is 6.92 Å². The molecule has 1 aliphatic heterocycles. The lowest BCUT2D eigenvalue weighted by Gasteiger charge is -2.34. The second kappa shape index (κ2) is 9.89. The van der Waals surface area contributed by atoms with Crippen molar-refractivity contribution in [2.45, 2.75) is 54.8 Å². The van der Waals surface area contributed by atoms with E-state index < -0.39 is 52.5 Å². The molecule has 3 N–H and O–H groups in total. The first-order valence-electron chi connectivity index (χ1n) is 7.86. The second-order valence-corrected chi connectivity index (χ2v) is 8.41. The van der Waals surface area contributed by atoms with Crippen LogP contribution in [0.5, 0.6) is 0 Å². The molecule has 1 rings (SSSR count). The van der Waals surface area contributed by atoms with Crippen molar-refractivity contribution in [1.82, 2.24) is 15.8 Å². The smallest absolute Gasteiger partial charge is 0.325 e. The summed E-state index contributed by atoms with van der Waals surface area (Å²) in [7, 11) is 0. The predicted molar refractivity (Wildman–Crippen MR) is 93.3 cm³/mol. The maximum absolute atomic E-state index is 12.9. The highest BCUT2D eigenvalue weighted by Crippen LogP contribution is 2.26. The third-order valence-corrected chi connectivity index (χ3v) is 3.88. The Kier molecular flexibility index (Phi) is 8.81. The number of hydrogen-bond acceptors (Lipinski definition) is 6. The van der Waals surface area contributed by atoms with E-state index >= 15 is 0 Å². The molecule has 4 atom stereocenters. The number of halogens is 4. The molecule has 8 nitrogen and oxygen atoms in total. The first kappa shape index (κ1) is 23.2. The summed E-state index contributed by atoms with van der Waals surface area (Å²) in [6.45, 7) is 2.25. The number of carbonyl (C=O) groups excluding carboxylic acids is 3. The average Bonchev–Trinajstić information content (AvgIpc) is 2.57. The van der Waals surface area contributed by atoms with E-state index in [1.807, 2.05) is 0 Å². The summed E-state index contributed by atoms with van der Waals surface area (Å²) < 4.78 is 16.1. The van der Waals surface area contributed by atoms with Gasteiger partial charge >= 0.3 is 5.97 Å². The van der Waals surface area contributed by atoms with Gasteiger partial charge in [0.05, 0.1) is 0 Å². The third kappa shape index (κ3) is 7.40. The Morgan fingerprint density at radius 2 is 2.00 bits per heavy atom. The van der Waals surface area contributed by atoms with Crippen LogP contribution in [0.3, 0.4) is 0 Å². The van der Waals surface area contributed by atoms with Gasteiger partial charge < -0.3 is 15.2 Å². The van der Waals surface area contributed by atoms with E-state index in [-0.39, 0.29) is 6.54 Å². The molecular weight excluding hydrogens is 416 g/mol. The number of aliphatic hydroxyl groups is 1. The number of rotatable bonds is 6. The fourth-order valence-electron chi connectivity index (χ4n) is 2.17. The molecule has 0 aromatic heterocycles. The van der Waals surface area contributed by atoms with Gasteiger partial charge in [-0.25, -0.2) is 9.82 Å². The summed E-state index contributed by atoms with van der Waals surface area (Å²) >= 11 is 16.5. The van der Waals surface area contributed by atoms with Crippen LogP contribution in [0.15, 0.2) is 0 Å². The highest BCUT2D eigenvalue weighted by atomic mass is 35.6. The lowest BCUT2D eigenvalue weighted by atomic mass is 10.1. The molecule has 0 aliphatic carbocycles. The summed E-state index contributed by atoms with van der Waals surface area (Å²) in [5, 5.41) is 12.7. The standard InChI is InChI=1S/C14H21Cl3FN3O5/c1-7(18)10(22)11(23)19-8(2)12(24)21-5-3-4-9(20-21)13(25)26-6-14(15,16)17/h7-10,20,22H,3-6H2,1-2H3,(H,19,23)/t7?,8-,9-,10?/m0/s1. The number of aliphatic hydroxyl groups excluding tert-OH is 1. The Labute approximate surface area is 165 Å². The van der Waals surface area contributed by atoms with Crippen LogP contribution in [0.2, 0.25) is 0 Å². The van der Waals surface area contributed by atoms with Gasteiger partial charge in [-0.3, -0.25) is 19.4 Å². The number of alkyl halides is 4. The molecule has 26 heavy (non-hydrogen) atoms. The van der Waals surface area contributed by atoms with Crippen LogP contribution in [-0.4, -0.2) is 69.2 Å². The summed E-state index contributed by atoms with van der Waals surface area (Å²) in [6, 6.07) is -1.86.